The SMILES string of the molecule is CC1(C)Oc2ccccc2C(=O)C1OCC(F)(F)F. The van der Waals surface area contributed by atoms with Gasteiger partial charge < -0.3 is 9.47 Å². The molecule has 1 aliphatic heterocycles. The number of hydrogen-bond acceptors (Lipinski definition) is 3. The first-order valence-corrected chi connectivity index (χ1v) is 5.71. The summed E-state index contributed by atoms with van der Waals surface area (Å²) in [6, 6.07) is 6.43. The summed E-state index contributed by atoms with van der Waals surface area (Å²) in [4.78, 5) is 12.2. The number of rotatable bonds is 2. The normalized spacial score (nSPS) is 21.7. The second-order valence-electron chi connectivity index (χ2n) is 4.87. The van der Waals surface area contributed by atoms with Crippen LogP contribution in [0.3, 0.4) is 0 Å². The molecule has 0 amide bonds. The average Bonchev–Trinajstić information content (AvgIpc) is 2.26. The van der Waals surface area contributed by atoms with Crippen molar-refractivity contribution in [3.63, 3.8) is 0 Å². The van der Waals surface area contributed by atoms with Crippen LogP contribution in [0.1, 0.15) is 24.2 Å². The smallest absolute Gasteiger partial charge is 0.411 e. The fraction of sp³-hybridized carbons (Fsp3) is 0.462. The third-order valence-corrected chi connectivity index (χ3v) is 2.81. The van der Waals surface area contributed by atoms with Crippen LogP contribution in [0.25, 0.3) is 0 Å². The van der Waals surface area contributed by atoms with Crippen LogP contribution in [0, 0.1) is 0 Å². The molecule has 0 aromatic heterocycles. The van der Waals surface area contributed by atoms with Crippen molar-refractivity contribution < 1.29 is 27.4 Å². The Bertz CT molecular complexity index is 494. The molecular formula is C13H13F3O3. The van der Waals surface area contributed by atoms with E-state index >= 15 is 0 Å². The van der Waals surface area contributed by atoms with Crippen LogP contribution in [0.5, 0.6) is 5.75 Å². The topological polar surface area (TPSA) is 35.5 Å². The van der Waals surface area contributed by atoms with E-state index in [1.165, 1.54) is 19.9 Å². The maximum atomic E-state index is 12.2. The van der Waals surface area contributed by atoms with Crippen LogP contribution < -0.4 is 4.74 Å². The molecule has 0 saturated carbocycles. The number of fused-ring (bicyclic) bond motifs is 1. The first kappa shape index (κ1) is 13.9. The van der Waals surface area contributed by atoms with Crippen molar-refractivity contribution in [2.75, 3.05) is 6.61 Å². The van der Waals surface area contributed by atoms with Crippen LogP contribution in [0.4, 0.5) is 13.2 Å². The van der Waals surface area contributed by atoms with Crippen molar-refractivity contribution in [3.05, 3.63) is 29.8 Å². The number of carbonyl (C=O) groups excluding carboxylic acids is 1. The van der Waals surface area contributed by atoms with Crippen LogP contribution in [0.2, 0.25) is 0 Å². The number of carbonyl (C=O) groups is 1. The molecule has 104 valence electrons. The van der Waals surface area contributed by atoms with Gasteiger partial charge in [-0.25, -0.2) is 0 Å². The van der Waals surface area contributed by atoms with E-state index < -0.39 is 30.3 Å². The Balaban J connectivity index is 2.27. The lowest BCUT2D eigenvalue weighted by Gasteiger charge is -2.38. The van der Waals surface area contributed by atoms with E-state index in [4.69, 9.17) is 9.47 Å². The summed E-state index contributed by atoms with van der Waals surface area (Å²) in [5, 5.41) is 0. The van der Waals surface area contributed by atoms with Crippen molar-refractivity contribution in [2.24, 2.45) is 0 Å². The first-order chi connectivity index (χ1) is 8.71. The van der Waals surface area contributed by atoms with Gasteiger partial charge in [-0.15, -0.1) is 0 Å². The van der Waals surface area contributed by atoms with Crippen LogP contribution in [0.15, 0.2) is 24.3 Å². The number of para-hydroxylation sites is 1. The van der Waals surface area contributed by atoms with E-state index in [2.05, 4.69) is 0 Å². The highest BCUT2D eigenvalue weighted by Gasteiger charge is 2.45. The number of benzene rings is 1. The van der Waals surface area contributed by atoms with Gasteiger partial charge >= 0.3 is 6.18 Å². The summed E-state index contributed by atoms with van der Waals surface area (Å²) in [7, 11) is 0. The molecule has 2 rings (SSSR count). The lowest BCUT2D eigenvalue weighted by Crippen LogP contribution is -2.52. The second-order valence-corrected chi connectivity index (χ2v) is 4.87. The van der Waals surface area contributed by atoms with Crippen LogP contribution in [-0.2, 0) is 4.74 Å². The minimum Gasteiger partial charge on any atom is -0.484 e. The van der Waals surface area contributed by atoms with Crippen molar-refractivity contribution in [3.8, 4) is 5.75 Å². The monoisotopic (exact) mass is 274 g/mol. The number of ether oxygens (including phenoxy) is 2. The maximum absolute atomic E-state index is 12.2. The third-order valence-electron chi connectivity index (χ3n) is 2.81. The minimum absolute atomic E-state index is 0.244. The fourth-order valence-corrected chi connectivity index (χ4v) is 2.01. The quantitative estimate of drug-likeness (QED) is 0.831. The van der Waals surface area contributed by atoms with Crippen molar-refractivity contribution in [1.29, 1.82) is 0 Å². The molecule has 6 heteroatoms. The lowest BCUT2D eigenvalue weighted by molar-refractivity contribution is -0.194. The highest BCUT2D eigenvalue weighted by Crippen LogP contribution is 2.35. The summed E-state index contributed by atoms with van der Waals surface area (Å²) in [6.45, 7) is 1.59. The molecule has 1 aliphatic rings. The molecule has 0 N–H and O–H groups in total. The van der Waals surface area contributed by atoms with Gasteiger partial charge in [0.2, 0.25) is 0 Å². The predicted molar refractivity (Wildman–Crippen MR) is 61.3 cm³/mol. The van der Waals surface area contributed by atoms with Crippen molar-refractivity contribution >= 4 is 5.78 Å². The molecule has 19 heavy (non-hydrogen) atoms. The maximum Gasteiger partial charge on any atom is 0.411 e. The molecule has 0 spiro atoms. The van der Waals surface area contributed by atoms with Gasteiger partial charge in [0.05, 0.1) is 5.56 Å². The van der Waals surface area contributed by atoms with Gasteiger partial charge in [-0.3, -0.25) is 4.79 Å². The Morgan fingerprint density at radius 1 is 1.32 bits per heavy atom. The van der Waals surface area contributed by atoms with E-state index in [0.717, 1.165) is 0 Å². The zero-order valence-corrected chi connectivity index (χ0v) is 10.5. The Morgan fingerprint density at radius 2 is 1.95 bits per heavy atom. The van der Waals surface area contributed by atoms with Gasteiger partial charge in [0.1, 0.15) is 18.0 Å². The Hall–Kier alpha value is -1.56. The molecule has 1 unspecified atom stereocenters. The number of hydrogen-bond donors (Lipinski definition) is 0. The van der Waals surface area contributed by atoms with Crippen molar-refractivity contribution in [2.45, 2.75) is 31.7 Å². The number of halogens is 3. The van der Waals surface area contributed by atoms with Crippen molar-refractivity contribution in [1.82, 2.24) is 0 Å². The predicted octanol–water partition coefficient (Wildman–Crippen LogP) is 2.99. The molecule has 0 fully saturated rings. The third kappa shape index (κ3) is 2.89. The molecule has 0 aliphatic carbocycles. The summed E-state index contributed by atoms with van der Waals surface area (Å²) in [5.41, 5.74) is -0.898. The molecule has 1 heterocycles. The standard InChI is InChI=1S/C13H13F3O3/c1-12(2)11(18-7-13(14,15)16)10(17)8-5-3-4-6-9(8)19-12/h3-6,11H,7H2,1-2H3. The first-order valence-electron chi connectivity index (χ1n) is 5.71. The van der Waals surface area contributed by atoms with Gasteiger partial charge in [-0.05, 0) is 26.0 Å². The summed E-state index contributed by atoms with van der Waals surface area (Å²) >= 11 is 0. The molecule has 3 nitrogen and oxygen atoms in total. The lowest BCUT2D eigenvalue weighted by atomic mass is 9.90. The average molecular weight is 274 g/mol. The second kappa shape index (κ2) is 4.52. The fourth-order valence-electron chi connectivity index (χ4n) is 2.01. The summed E-state index contributed by atoms with van der Waals surface area (Å²) in [5.74, 6) is -0.125. The molecule has 0 saturated heterocycles. The van der Waals surface area contributed by atoms with E-state index in [9.17, 15) is 18.0 Å². The van der Waals surface area contributed by atoms with E-state index in [-0.39, 0.29) is 5.56 Å². The number of Topliss-reactive ketones (excluding diaryl/α,β-unsaturated/α-hetero) is 1. The van der Waals surface area contributed by atoms with Crippen LogP contribution >= 0.6 is 0 Å². The molecule has 1 aromatic carbocycles. The molecule has 1 aromatic rings. The Labute approximate surface area is 108 Å². The summed E-state index contributed by atoms with van der Waals surface area (Å²) < 4.78 is 46.9. The minimum atomic E-state index is -4.48. The van der Waals surface area contributed by atoms with Gasteiger partial charge in [0.25, 0.3) is 0 Å². The van der Waals surface area contributed by atoms with Gasteiger partial charge in [-0.2, -0.15) is 13.2 Å². The Kier molecular flexibility index (Phi) is 3.30. The summed E-state index contributed by atoms with van der Waals surface area (Å²) in [6.07, 6.45) is -5.75. The van der Waals surface area contributed by atoms with Gasteiger partial charge in [0, 0.05) is 0 Å². The molecule has 1 atom stereocenters. The van der Waals surface area contributed by atoms with Gasteiger partial charge in [0.15, 0.2) is 11.9 Å². The Morgan fingerprint density at radius 3 is 2.58 bits per heavy atom. The highest BCUT2D eigenvalue weighted by atomic mass is 19.4. The van der Waals surface area contributed by atoms with E-state index in [1.54, 1.807) is 18.2 Å². The molecular weight excluding hydrogens is 261 g/mol. The zero-order chi connectivity index (χ0) is 14.3. The number of alkyl halides is 3. The van der Waals surface area contributed by atoms with E-state index in [1.807, 2.05) is 0 Å². The molecule has 0 bridgehead atoms. The van der Waals surface area contributed by atoms with Crippen LogP contribution in [-0.4, -0.2) is 30.3 Å². The zero-order valence-electron chi connectivity index (χ0n) is 10.5. The van der Waals surface area contributed by atoms with E-state index in [0.29, 0.717) is 5.75 Å². The van der Waals surface area contributed by atoms with Gasteiger partial charge in [-0.1, -0.05) is 12.1 Å². The largest absolute Gasteiger partial charge is 0.484 e. The number of ketones is 1. The highest BCUT2D eigenvalue weighted by molar-refractivity contribution is 6.03. The molecule has 0 radical (unpaired) electrons.